The summed E-state index contributed by atoms with van der Waals surface area (Å²) in [5.41, 5.74) is 0.443. The molecule has 1 aromatic rings. The summed E-state index contributed by atoms with van der Waals surface area (Å²) >= 11 is 3.60. The third kappa shape index (κ3) is 4.09. The number of aromatic nitrogens is 2. The highest BCUT2D eigenvalue weighted by Gasteiger charge is 2.35. The lowest BCUT2D eigenvalue weighted by molar-refractivity contribution is 0.215. The first-order chi connectivity index (χ1) is 9.41. The maximum absolute atomic E-state index is 4.34. The van der Waals surface area contributed by atoms with E-state index in [0.29, 0.717) is 16.7 Å². The van der Waals surface area contributed by atoms with Crippen molar-refractivity contribution in [2.24, 2.45) is 5.41 Å². The van der Waals surface area contributed by atoms with E-state index < -0.39 is 0 Å². The summed E-state index contributed by atoms with van der Waals surface area (Å²) in [5.74, 6) is 0. The van der Waals surface area contributed by atoms with Crippen molar-refractivity contribution in [3.63, 3.8) is 0 Å². The smallest absolute Gasteiger partial charge is 0.208 e. The summed E-state index contributed by atoms with van der Waals surface area (Å²) in [7, 11) is 4.03. The van der Waals surface area contributed by atoms with Crippen LogP contribution in [0.15, 0.2) is 4.34 Å². The molecule has 0 bridgehead atoms. The monoisotopic (exact) mass is 314 g/mol. The largest absolute Gasteiger partial charge is 0.353 e. The molecule has 1 aromatic heterocycles. The van der Waals surface area contributed by atoms with Crippen LogP contribution in [0.3, 0.4) is 0 Å². The van der Waals surface area contributed by atoms with E-state index in [4.69, 9.17) is 0 Å². The van der Waals surface area contributed by atoms with E-state index in [1.807, 2.05) is 30.8 Å². The van der Waals surface area contributed by atoms with Gasteiger partial charge in [-0.25, -0.2) is 0 Å². The molecule has 2 rings (SSSR count). The van der Waals surface area contributed by atoms with Crippen LogP contribution < -0.4 is 10.2 Å². The molecule has 1 heterocycles. The van der Waals surface area contributed by atoms with Crippen LogP contribution in [0.2, 0.25) is 0 Å². The minimum absolute atomic E-state index is 0.443. The normalized spacial score (nSPS) is 25.6. The number of thioether (sulfide) groups is 1. The van der Waals surface area contributed by atoms with Gasteiger partial charge in [0.15, 0.2) is 4.34 Å². The third-order valence-electron chi connectivity index (χ3n) is 3.83. The van der Waals surface area contributed by atoms with E-state index in [2.05, 4.69) is 36.3 Å². The van der Waals surface area contributed by atoms with E-state index in [1.165, 1.54) is 19.3 Å². The predicted molar refractivity (Wildman–Crippen MR) is 89.0 cm³/mol. The first-order valence-corrected chi connectivity index (χ1v) is 9.02. The molecule has 0 spiro atoms. The molecule has 114 valence electrons. The molecule has 0 amide bonds. The molecule has 1 aliphatic carbocycles. The average Bonchev–Trinajstić information content (AvgIpc) is 2.81. The predicted octanol–water partition coefficient (Wildman–Crippen LogP) is 3.25. The average molecular weight is 315 g/mol. The van der Waals surface area contributed by atoms with Crippen LogP contribution in [0.4, 0.5) is 5.13 Å². The second-order valence-electron chi connectivity index (χ2n) is 6.47. The van der Waals surface area contributed by atoms with Crippen molar-refractivity contribution in [2.75, 3.05) is 25.5 Å². The van der Waals surface area contributed by atoms with Gasteiger partial charge < -0.3 is 10.2 Å². The SMILES string of the molecule is CCNC1CCC(C)(C)CC1Sc1nnc(N(C)C)s1. The van der Waals surface area contributed by atoms with E-state index in [9.17, 15) is 0 Å². The highest BCUT2D eigenvalue weighted by atomic mass is 32.2. The van der Waals surface area contributed by atoms with Crippen LogP contribution in [0.25, 0.3) is 0 Å². The van der Waals surface area contributed by atoms with E-state index >= 15 is 0 Å². The summed E-state index contributed by atoms with van der Waals surface area (Å²) in [6, 6.07) is 0.602. The van der Waals surface area contributed by atoms with Crippen molar-refractivity contribution >= 4 is 28.2 Å². The summed E-state index contributed by atoms with van der Waals surface area (Å²) in [6.07, 6.45) is 3.81. The van der Waals surface area contributed by atoms with Gasteiger partial charge in [-0.05, 0) is 31.2 Å². The Kier molecular flexibility index (Phi) is 5.31. The fourth-order valence-corrected chi connectivity index (χ4v) is 5.27. The molecule has 1 N–H and O–H groups in total. The Morgan fingerprint density at radius 1 is 1.40 bits per heavy atom. The van der Waals surface area contributed by atoms with E-state index in [1.54, 1.807) is 11.3 Å². The molecule has 1 aliphatic rings. The third-order valence-corrected chi connectivity index (χ3v) is 6.34. The number of anilines is 1. The number of rotatable bonds is 5. The number of hydrogen-bond acceptors (Lipinski definition) is 6. The van der Waals surface area contributed by atoms with Gasteiger partial charge in [0.2, 0.25) is 5.13 Å². The molecule has 20 heavy (non-hydrogen) atoms. The lowest BCUT2D eigenvalue weighted by atomic mass is 9.75. The molecule has 0 aliphatic heterocycles. The highest BCUT2D eigenvalue weighted by molar-refractivity contribution is 8.01. The van der Waals surface area contributed by atoms with Gasteiger partial charge in [0.1, 0.15) is 0 Å². The maximum atomic E-state index is 4.34. The molecule has 0 radical (unpaired) electrons. The fourth-order valence-electron chi connectivity index (χ4n) is 2.70. The molecule has 6 heteroatoms. The zero-order chi connectivity index (χ0) is 14.8. The van der Waals surface area contributed by atoms with Gasteiger partial charge in [-0.1, -0.05) is 43.9 Å². The van der Waals surface area contributed by atoms with Gasteiger partial charge in [0.25, 0.3) is 0 Å². The maximum Gasteiger partial charge on any atom is 0.208 e. The van der Waals surface area contributed by atoms with Crippen molar-refractivity contribution in [2.45, 2.75) is 55.7 Å². The minimum Gasteiger partial charge on any atom is -0.353 e. The number of nitrogens with zero attached hydrogens (tertiary/aromatic N) is 3. The van der Waals surface area contributed by atoms with Crippen LogP contribution in [0, 0.1) is 5.41 Å². The Morgan fingerprint density at radius 3 is 2.75 bits per heavy atom. The van der Waals surface area contributed by atoms with Crippen LogP contribution in [-0.4, -0.2) is 42.1 Å². The van der Waals surface area contributed by atoms with Crippen molar-refractivity contribution in [3.05, 3.63) is 0 Å². The van der Waals surface area contributed by atoms with Crippen LogP contribution in [0.1, 0.15) is 40.0 Å². The van der Waals surface area contributed by atoms with Gasteiger partial charge in [0, 0.05) is 25.4 Å². The van der Waals surface area contributed by atoms with Gasteiger partial charge >= 0.3 is 0 Å². The van der Waals surface area contributed by atoms with Crippen LogP contribution in [0.5, 0.6) is 0 Å². The standard InChI is InChI=1S/C14H26N4S2/c1-6-15-10-7-8-14(2,3)9-11(10)19-13-17-16-12(20-13)18(4)5/h10-11,15H,6-9H2,1-5H3. The first-order valence-electron chi connectivity index (χ1n) is 7.32. The molecule has 0 aromatic carbocycles. The van der Waals surface area contributed by atoms with Crippen molar-refractivity contribution in [1.82, 2.24) is 15.5 Å². The molecule has 4 nitrogen and oxygen atoms in total. The first kappa shape index (κ1) is 16.0. The Hall–Kier alpha value is -0.330. The second-order valence-corrected chi connectivity index (χ2v) is 8.91. The van der Waals surface area contributed by atoms with Crippen molar-refractivity contribution in [1.29, 1.82) is 0 Å². The van der Waals surface area contributed by atoms with Gasteiger partial charge in [-0.3, -0.25) is 0 Å². The van der Waals surface area contributed by atoms with Crippen LogP contribution >= 0.6 is 23.1 Å². The second kappa shape index (κ2) is 6.62. The quantitative estimate of drug-likeness (QED) is 0.903. The summed E-state index contributed by atoms with van der Waals surface area (Å²) < 4.78 is 1.10. The summed E-state index contributed by atoms with van der Waals surface area (Å²) in [6.45, 7) is 8.00. The molecule has 2 atom stereocenters. The Bertz CT molecular complexity index is 431. The zero-order valence-electron chi connectivity index (χ0n) is 13.1. The van der Waals surface area contributed by atoms with Crippen molar-refractivity contribution < 1.29 is 0 Å². The minimum atomic E-state index is 0.443. The Balaban J connectivity index is 2.05. The molecule has 2 unspecified atom stereocenters. The summed E-state index contributed by atoms with van der Waals surface area (Å²) in [4.78, 5) is 2.02. The topological polar surface area (TPSA) is 41.1 Å². The van der Waals surface area contributed by atoms with E-state index in [0.717, 1.165) is 16.0 Å². The van der Waals surface area contributed by atoms with Gasteiger partial charge in [-0.2, -0.15) is 0 Å². The highest BCUT2D eigenvalue weighted by Crippen LogP contribution is 2.43. The molecule has 1 saturated carbocycles. The number of hydrogen-bond donors (Lipinski definition) is 1. The summed E-state index contributed by atoms with van der Waals surface area (Å²) in [5, 5.41) is 13.8. The Labute approximate surface area is 130 Å². The molecule has 0 saturated heterocycles. The van der Waals surface area contributed by atoms with Gasteiger partial charge in [-0.15, -0.1) is 10.2 Å². The lowest BCUT2D eigenvalue weighted by Gasteiger charge is -2.40. The van der Waals surface area contributed by atoms with Crippen LogP contribution in [-0.2, 0) is 0 Å². The number of nitrogens with one attached hydrogen (secondary N) is 1. The molecular weight excluding hydrogens is 288 g/mol. The van der Waals surface area contributed by atoms with Gasteiger partial charge in [0.05, 0.1) is 0 Å². The molecule has 1 fully saturated rings. The zero-order valence-corrected chi connectivity index (χ0v) is 14.8. The fraction of sp³-hybridized carbons (Fsp3) is 0.857. The lowest BCUT2D eigenvalue weighted by Crippen LogP contribution is -2.44. The van der Waals surface area contributed by atoms with Crippen molar-refractivity contribution in [3.8, 4) is 0 Å². The van der Waals surface area contributed by atoms with E-state index in [-0.39, 0.29) is 0 Å². The Morgan fingerprint density at radius 2 is 2.15 bits per heavy atom. The molecular formula is C14H26N4S2.